The van der Waals surface area contributed by atoms with E-state index in [2.05, 4.69) is 37.4 Å². The van der Waals surface area contributed by atoms with E-state index in [4.69, 9.17) is 10.4 Å². The number of aromatic nitrogens is 1. The first kappa shape index (κ1) is 21.0. The number of nitrogens with zero attached hydrogens (tertiary/aromatic N) is 2. The Kier molecular flexibility index (Phi) is 5.44. The minimum Gasteiger partial charge on any atom is -0.510 e. The maximum atomic E-state index is 10.7. The van der Waals surface area contributed by atoms with Crippen molar-refractivity contribution in [1.82, 2.24) is 4.98 Å². The quantitative estimate of drug-likeness (QED) is 0.307. The molecule has 3 N–H and O–H groups in total. The van der Waals surface area contributed by atoms with Crippen LogP contribution in [0.1, 0.15) is 16.1 Å². The lowest BCUT2D eigenvalue weighted by molar-refractivity contribution is 0.411. The van der Waals surface area contributed by atoms with Gasteiger partial charge in [0.1, 0.15) is 16.6 Å². The van der Waals surface area contributed by atoms with Crippen LogP contribution < -0.4 is 10.2 Å². The summed E-state index contributed by atoms with van der Waals surface area (Å²) in [6.07, 6.45) is 0. The summed E-state index contributed by atoms with van der Waals surface area (Å²) in [6.45, 7) is 4.44. The van der Waals surface area contributed by atoms with Crippen molar-refractivity contribution in [2.75, 3.05) is 16.8 Å². The maximum absolute atomic E-state index is 10.7. The normalized spacial score (nSPS) is 13.6. The number of amidine groups is 1. The fourth-order valence-electron chi connectivity index (χ4n) is 3.86. The van der Waals surface area contributed by atoms with Gasteiger partial charge in [0.2, 0.25) is 0 Å². The van der Waals surface area contributed by atoms with E-state index in [0.29, 0.717) is 10.6 Å². The second kappa shape index (κ2) is 8.56. The third-order valence-corrected chi connectivity index (χ3v) is 6.73. The lowest BCUT2D eigenvalue weighted by Crippen LogP contribution is -2.25. The number of hydrogen-bond donors (Lipinski definition) is 3. The highest BCUT2D eigenvalue weighted by Crippen LogP contribution is 2.35. The molecule has 2 heterocycles. The van der Waals surface area contributed by atoms with Gasteiger partial charge < -0.3 is 15.3 Å². The first-order valence-corrected chi connectivity index (χ1v) is 11.6. The molecule has 0 radical (unpaired) electrons. The van der Waals surface area contributed by atoms with Crippen LogP contribution in [0.25, 0.3) is 16.8 Å². The maximum Gasteiger partial charge on any atom is 0.139 e. The van der Waals surface area contributed by atoms with Crippen LogP contribution in [-0.4, -0.2) is 22.5 Å². The molecule has 0 fully saturated rings. The highest BCUT2D eigenvalue weighted by molar-refractivity contribution is 7.11. The van der Waals surface area contributed by atoms with Gasteiger partial charge in [0.25, 0.3) is 0 Å². The zero-order chi connectivity index (χ0) is 22.9. The standard InChI is InChI=1S/C27H24N4OS/c1-17-8-9-19(14-18(17)2)23-16-33-27(30-23)25-24(32)15-31(26(25)28)22-12-10-21(11-13-22)29-20-6-4-3-5-7-20/h3-14,16,28-29,32H,15H2,1-2H3. The fraction of sp³-hybridized carbons (Fsp3) is 0.111. The van der Waals surface area contributed by atoms with Crippen LogP contribution in [0.5, 0.6) is 0 Å². The van der Waals surface area contributed by atoms with Crippen LogP contribution in [0.2, 0.25) is 0 Å². The molecule has 164 valence electrons. The van der Waals surface area contributed by atoms with Crippen LogP contribution in [0.3, 0.4) is 0 Å². The van der Waals surface area contributed by atoms with Crippen molar-refractivity contribution in [3.05, 3.63) is 100 Å². The Balaban J connectivity index is 1.35. The van der Waals surface area contributed by atoms with Crippen molar-refractivity contribution >= 4 is 39.8 Å². The number of nitrogens with one attached hydrogen (secondary N) is 2. The summed E-state index contributed by atoms with van der Waals surface area (Å²) in [5.41, 5.74) is 7.70. The number of aliphatic hydroxyl groups is 1. The van der Waals surface area contributed by atoms with Gasteiger partial charge in [-0.15, -0.1) is 11.3 Å². The number of benzene rings is 3. The van der Waals surface area contributed by atoms with Gasteiger partial charge in [-0.25, -0.2) is 4.98 Å². The minimum absolute atomic E-state index is 0.174. The molecule has 5 nitrogen and oxygen atoms in total. The number of hydrogen-bond acceptors (Lipinski definition) is 5. The molecule has 4 aromatic rings. The van der Waals surface area contributed by atoms with Gasteiger partial charge in [-0.3, -0.25) is 5.41 Å². The van der Waals surface area contributed by atoms with Gasteiger partial charge in [0.15, 0.2) is 0 Å². The highest BCUT2D eigenvalue weighted by Gasteiger charge is 2.31. The monoisotopic (exact) mass is 452 g/mol. The third kappa shape index (κ3) is 4.13. The van der Waals surface area contributed by atoms with Crippen LogP contribution in [0, 0.1) is 19.3 Å². The van der Waals surface area contributed by atoms with Gasteiger partial charge >= 0.3 is 0 Å². The minimum atomic E-state index is 0.174. The van der Waals surface area contributed by atoms with Crippen LogP contribution >= 0.6 is 11.3 Å². The first-order valence-electron chi connectivity index (χ1n) is 10.7. The molecule has 1 aliphatic rings. The van der Waals surface area contributed by atoms with E-state index < -0.39 is 0 Å². The first-order chi connectivity index (χ1) is 16.0. The molecule has 0 amide bonds. The van der Waals surface area contributed by atoms with E-state index in [9.17, 15) is 5.11 Å². The van der Waals surface area contributed by atoms with Gasteiger partial charge in [-0.1, -0.05) is 30.3 Å². The predicted octanol–water partition coefficient (Wildman–Crippen LogP) is 6.94. The second-order valence-electron chi connectivity index (χ2n) is 8.13. The summed E-state index contributed by atoms with van der Waals surface area (Å²) in [7, 11) is 0. The van der Waals surface area contributed by atoms with Crippen LogP contribution in [0.4, 0.5) is 17.1 Å². The fourth-order valence-corrected chi connectivity index (χ4v) is 4.75. The van der Waals surface area contributed by atoms with Crippen molar-refractivity contribution in [1.29, 1.82) is 5.41 Å². The second-order valence-corrected chi connectivity index (χ2v) is 8.99. The molecule has 1 aromatic heterocycles. The number of para-hydroxylation sites is 1. The smallest absolute Gasteiger partial charge is 0.139 e. The summed E-state index contributed by atoms with van der Waals surface area (Å²) in [5.74, 6) is 0.435. The molecule has 0 bridgehead atoms. The average molecular weight is 453 g/mol. The van der Waals surface area contributed by atoms with Crippen LogP contribution in [-0.2, 0) is 0 Å². The van der Waals surface area contributed by atoms with E-state index in [0.717, 1.165) is 28.3 Å². The number of rotatable bonds is 5. The largest absolute Gasteiger partial charge is 0.510 e. The van der Waals surface area contributed by atoms with E-state index in [1.54, 1.807) is 4.90 Å². The molecule has 0 unspecified atom stereocenters. The molecule has 0 atom stereocenters. The van der Waals surface area contributed by atoms with Crippen molar-refractivity contribution < 1.29 is 5.11 Å². The molecule has 0 saturated heterocycles. The lowest BCUT2D eigenvalue weighted by atomic mass is 10.1. The van der Waals surface area contributed by atoms with E-state index in [1.165, 1.54) is 22.5 Å². The predicted molar refractivity (Wildman–Crippen MR) is 138 cm³/mol. The van der Waals surface area contributed by atoms with Gasteiger partial charge in [-0.05, 0) is 67.4 Å². The zero-order valence-corrected chi connectivity index (χ0v) is 19.3. The molecule has 0 saturated carbocycles. The Hall–Kier alpha value is -3.90. The molecular weight excluding hydrogens is 428 g/mol. The van der Waals surface area contributed by atoms with Crippen molar-refractivity contribution in [2.45, 2.75) is 13.8 Å². The Labute approximate surface area is 197 Å². The molecule has 0 aliphatic carbocycles. The Morgan fingerprint density at radius 2 is 1.67 bits per heavy atom. The molecule has 3 aromatic carbocycles. The van der Waals surface area contributed by atoms with E-state index in [1.807, 2.05) is 60.0 Å². The van der Waals surface area contributed by atoms with E-state index >= 15 is 0 Å². The number of aryl methyl sites for hydroxylation is 2. The third-order valence-electron chi connectivity index (χ3n) is 5.87. The van der Waals surface area contributed by atoms with Gasteiger partial charge in [-0.2, -0.15) is 0 Å². The molecule has 6 heteroatoms. The Morgan fingerprint density at radius 3 is 2.39 bits per heavy atom. The number of aliphatic hydroxyl groups excluding tert-OH is 1. The molecule has 1 aliphatic heterocycles. The molecule has 0 spiro atoms. The van der Waals surface area contributed by atoms with Gasteiger partial charge in [0, 0.05) is 28.0 Å². The average Bonchev–Trinajstić information content (AvgIpc) is 3.41. The van der Waals surface area contributed by atoms with Gasteiger partial charge in [0.05, 0.1) is 17.8 Å². The lowest BCUT2D eigenvalue weighted by Gasteiger charge is -2.19. The number of thiazole rings is 1. The molecular formula is C27H24N4OS. The Bertz CT molecular complexity index is 1360. The topological polar surface area (TPSA) is 72.2 Å². The summed E-state index contributed by atoms with van der Waals surface area (Å²) >= 11 is 1.45. The zero-order valence-electron chi connectivity index (χ0n) is 18.5. The molecule has 5 rings (SSSR count). The number of anilines is 3. The Morgan fingerprint density at radius 1 is 0.939 bits per heavy atom. The SMILES string of the molecule is Cc1ccc(-c2csc(C3=C(O)CN(c4ccc(Nc5ccccc5)cc4)C3=N)n2)cc1C. The molecule has 33 heavy (non-hydrogen) atoms. The highest BCUT2D eigenvalue weighted by atomic mass is 32.1. The summed E-state index contributed by atoms with van der Waals surface area (Å²) in [4.78, 5) is 6.55. The summed E-state index contributed by atoms with van der Waals surface area (Å²) in [6, 6.07) is 24.1. The van der Waals surface area contributed by atoms with Crippen LogP contribution in [0.15, 0.2) is 83.9 Å². The van der Waals surface area contributed by atoms with Crippen molar-refractivity contribution in [3.63, 3.8) is 0 Å². The van der Waals surface area contributed by atoms with E-state index in [-0.39, 0.29) is 18.1 Å². The summed E-state index contributed by atoms with van der Waals surface area (Å²) in [5, 5.41) is 25.5. The summed E-state index contributed by atoms with van der Waals surface area (Å²) < 4.78 is 0. The van der Waals surface area contributed by atoms with Crippen molar-refractivity contribution in [2.24, 2.45) is 0 Å². The van der Waals surface area contributed by atoms with Crippen molar-refractivity contribution in [3.8, 4) is 11.3 Å².